The van der Waals surface area contributed by atoms with E-state index in [2.05, 4.69) is 10.3 Å². The quantitative estimate of drug-likeness (QED) is 0.873. The Balaban J connectivity index is 1.84. The number of aromatic nitrogens is 2. The molecule has 0 aromatic carbocycles. The molecule has 22 heavy (non-hydrogen) atoms. The normalized spacial score (nSPS) is 20.3. The molecule has 1 fully saturated rings. The Labute approximate surface area is 125 Å². The molecule has 0 bridgehead atoms. The Kier molecular flexibility index (Phi) is 4.72. The van der Waals surface area contributed by atoms with Gasteiger partial charge in [-0.25, -0.2) is 4.98 Å². The van der Waals surface area contributed by atoms with Gasteiger partial charge in [0, 0.05) is 37.9 Å². The van der Waals surface area contributed by atoms with Crippen LogP contribution in [0.15, 0.2) is 18.7 Å². The summed E-state index contributed by atoms with van der Waals surface area (Å²) in [5.74, 6) is -1.77. The standard InChI is InChI=1S/C13H17F3N4O2/c1-9(5-19-3-2-17-8-19)18-12(22)10-4-11(21)20(6-10)7-13(14,15)16/h2-3,8-10H,4-7H2,1H3,(H,18,22). The Morgan fingerprint density at radius 3 is 2.86 bits per heavy atom. The van der Waals surface area contributed by atoms with Crippen LogP contribution in [0.1, 0.15) is 13.3 Å². The summed E-state index contributed by atoms with van der Waals surface area (Å²) in [6.07, 6.45) is 0.328. The topological polar surface area (TPSA) is 67.2 Å². The van der Waals surface area contributed by atoms with Gasteiger partial charge in [-0.15, -0.1) is 0 Å². The minimum atomic E-state index is -4.45. The van der Waals surface area contributed by atoms with Crippen LogP contribution < -0.4 is 5.32 Å². The van der Waals surface area contributed by atoms with Crippen molar-refractivity contribution in [1.82, 2.24) is 19.8 Å². The van der Waals surface area contributed by atoms with E-state index in [-0.39, 0.29) is 19.0 Å². The van der Waals surface area contributed by atoms with E-state index in [1.54, 1.807) is 30.2 Å². The molecule has 1 aromatic rings. The highest BCUT2D eigenvalue weighted by Crippen LogP contribution is 2.24. The van der Waals surface area contributed by atoms with Crippen LogP contribution in [0.4, 0.5) is 13.2 Å². The fourth-order valence-corrected chi connectivity index (χ4v) is 2.43. The molecule has 1 aromatic heterocycles. The van der Waals surface area contributed by atoms with Gasteiger partial charge in [0.05, 0.1) is 12.2 Å². The molecule has 2 amide bonds. The molecule has 0 radical (unpaired) electrons. The number of nitrogens with zero attached hydrogens (tertiary/aromatic N) is 3. The van der Waals surface area contributed by atoms with E-state index in [4.69, 9.17) is 0 Å². The van der Waals surface area contributed by atoms with Gasteiger partial charge in [0.1, 0.15) is 6.54 Å². The molecule has 1 aliphatic rings. The number of carbonyl (C=O) groups excluding carboxylic acids is 2. The van der Waals surface area contributed by atoms with Crippen molar-refractivity contribution in [2.45, 2.75) is 32.1 Å². The average Bonchev–Trinajstić information content (AvgIpc) is 2.98. The van der Waals surface area contributed by atoms with Gasteiger partial charge in [-0.1, -0.05) is 0 Å². The van der Waals surface area contributed by atoms with Gasteiger partial charge in [-0.3, -0.25) is 9.59 Å². The van der Waals surface area contributed by atoms with Gasteiger partial charge < -0.3 is 14.8 Å². The van der Waals surface area contributed by atoms with Crippen molar-refractivity contribution >= 4 is 11.8 Å². The molecule has 2 heterocycles. The number of hydrogen-bond donors (Lipinski definition) is 1. The molecular formula is C13H17F3N4O2. The second kappa shape index (κ2) is 6.37. The zero-order valence-corrected chi connectivity index (χ0v) is 12.0. The zero-order valence-electron chi connectivity index (χ0n) is 12.0. The second-order valence-corrected chi connectivity index (χ2v) is 5.46. The Morgan fingerprint density at radius 1 is 1.55 bits per heavy atom. The summed E-state index contributed by atoms with van der Waals surface area (Å²) in [4.78, 5) is 28.2. The predicted octanol–water partition coefficient (Wildman–Crippen LogP) is 0.799. The lowest BCUT2D eigenvalue weighted by Gasteiger charge is -2.19. The summed E-state index contributed by atoms with van der Waals surface area (Å²) >= 11 is 0. The average molecular weight is 318 g/mol. The number of hydrogen-bond acceptors (Lipinski definition) is 3. The fraction of sp³-hybridized carbons (Fsp3) is 0.615. The summed E-state index contributed by atoms with van der Waals surface area (Å²) in [5.41, 5.74) is 0. The Morgan fingerprint density at radius 2 is 2.27 bits per heavy atom. The summed E-state index contributed by atoms with van der Waals surface area (Å²) < 4.78 is 38.8. The van der Waals surface area contributed by atoms with Crippen LogP contribution in [0.2, 0.25) is 0 Å². The molecule has 2 unspecified atom stereocenters. The molecule has 2 atom stereocenters. The van der Waals surface area contributed by atoms with E-state index in [0.717, 1.165) is 0 Å². The van der Waals surface area contributed by atoms with E-state index < -0.39 is 30.5 Å². The van der Waals surface area contributed by atoms with Crippen LogP contribution in [0.25, 0.3) is 0 Å². The van der Waals surface area contributed by atoms with Crippen molar-refractivity contribution in [3.8, 4) is 0 Å². The summed E-state index contributed by atoms with van der Waals surface area (Å²) in [5, 5.41) is 2.72. The Bertz CT molecular complexity index is 530. The molecule has 1 aliphatic heterocycles. The maximum absolute atomic E-state index is 12.3. The first-order valence-electron chi connectivity index (χ1n) is 6.85. The van der Waals surface area contributed by atoms with Crippen LogP contribution in [-0.2, 0) is 16.1 Å². The molecule has 2 rings (SSSR count). The number of carbonyl (C=O) groups is 2. The number of halogens is 3. The second-order valence-electron chi connectivity index (χ2n) is 5.46. The molecule has 6 nitrogen and oxygen atoms in total. The van der Waals surface area contributed by atoms with Gasteiger partial charge in [-0.2, -0.15) is 13.2 Å². The smallest absolute Gasteiger partial charge is 0.352 e. The van der Waals surface area contributed by atoms with Crippen LogP contribution in [0.5, 0.6) is 0 Å². The van der Waals surface area contributed by atoms with Gasteiger partial charge in [-0.05, 0) is 6.92 Å². The SMILES string of the molecule is CC(Cn1ccnc1)NC(=O)C1CC(=O)N(CC(F)(F)F)C1. The summed E-state index contributed by atoms with van der Waals surface area (Å²) in [6.45, 7) is 0.781. The third-order valence-electron chi connectivity index (χ3n) is 3.39. The van der Waals surface area contributed by atoms with Crippen molar-refractivity contribution in [1.29, 1.82) is 0 Å². The molecule has 0 saturated carbocycles. The fourth-order valence-electron chi connectivity index (χ4n) is 2.43. The van der Waals surface area contributed by atoms with Gasteiger partial charge >= 0.3 is 6.18 Å². The van der Waals surface area contributed by atoms with Crippen LogP contribution >= 0.6 is 0 Å². The van der Waals surface area contributed by atoms with Crippen LogP contribution in [0, 0.1) is 5.92 Å². The van der Waals surface area contributed by atoms with Crippen molar-refractivity contribution in [3.05, 3.63) is 18.7 Å². The highest BCUT2D eigenvalue weighted by atomic mass is 19.4. The summed E-state index contributed by atoms with van der Waals surface area (Å²) in [6, 6.07) is -0.214. The molecule has 122 valence electrons. The van der Waals surface area contributed by atoms with E-state index in [1.807, 2.05) is 0 Å². The maximum Gasteiger partial charge on any atom is 0.406 e. The third kappa shape index (κ3) is 4.47. The molecule has 0 spiro atoms. The lowest BCUT2D eigenvalue weighted by Crippen LogP contribution is -2.41. The maximum atomic E-state index is 12.3. The first-order chi connectivity index (χ1) is 10.2. The highest BCUT2D eigenvalue weighted by molar-refractivity contribution is 5.89. The lowest BCUT2D eigenvalue weighted by molar-refractivity contribution is -0.157. The predicted molar refractivity (Wildman–Crippen MR) is 70.6 cm³/mol. The molecular weight excluding hydrogens is 301 g/mol. The van der Waals surface area contributed by atoms with Crippen molar-refractivity contribution in [2.24, 2.45) is 5.92 Å². The van der Waals surface area contributed by atoms with E-state index in [0.29, 0.717) is 11.4 Å². The van der Waals surface area contributed by atoms with Crippen LogP contribution in [0.3, 0.4) is 0 Å². The zero-order chi connectivity index (χ0) is 16.3. The van der Waals surface area contributed by atoms with Gasteiger partial charge in [0.25, 0.3) is 0 Å². The van der Waals surface area contributed by atoms with Crippen molar-refractivity contribution in [3.63, 3.8) is 0 Å². The third-order valence-corrected chi connectivity index (χ3v) is 3.39. The van der Waals surface area contributed by atoms with Gasteiger partial charge in [0.2, 0.25) is 11.8 Å². The molecule has 1 N–H and O–H groups in total. The number of amides is 2. The Hall–Kier alpha value is -2.06. The number of rotatable bonds is 5. The van der Waals surface area contributed by atoms with E-state index >= 15 is 0 Å². The minimum Gasteiger partial charge on any atom is -0.352 e. The monoisotopic (exact) mass is 318 g/mol. The minimum absolute atomic E-state index is 0.181. The number of imidazole rings is 1. The highest BCUT2D eigenvalue weighted by Gasteiger charge is 2.40. The van der Waals surface area contributed by atoms with E-state index in [9.17, 15) is 22.8 Å². The number of nitrogens with one attached hydrogen (secondary N) is 1. The first-order valence-corrected chi connectivity index (χ1v) is 6.85. The number of likely N-dealkylation sites (tertiary alicyclic amines) is 1. The van der Waals surface area contributed by atoms with Crippen LogP contribution in [-0.4, -0.2) is 51.6 Å². The number of alkyl halides is 3. The molecule has 1 saturated heterocycles. The summed E-state index contributed by atoms with van der Waals surface area (Å²) in [7, 11) is 0. The molecule has 0 aliphatic carbocycles. The van der Waals surface area contributed by atoms with Crippen molar-refractivity contribution < 1.29 is 22.8 Å². The van der Waals surface area contributed by atoms with Crippen molar-refractivity contribution in [2.75, 3.05) is 13.1 Å². The van der Waals surface area contributed by atoms with Gasteiger partial charge in [0.15, 0.2) is 0 Å². The largest absolute Gasteiger partial charge is 0.406 e. The van der Waals surface area contributed by atoms with E-state index in [1.165, 1.54) is 0 Å². The molecule has 9 heteroatoms. The lowest BCUT2D eigenvalue weighted by atomic mass is 10.1. The first kappa shape index (κ1) is 16.3.